The van der Waals surface area contributed by atoms with Gasteiger partial charge in [-0.1, -0.05) is 13.8 Å². The smallest absolute Gasteiger partial charge is 0.273 e. The summed E-state index contributed by atoms with van der Waals surface area (Å²) in [4.78, 5) is 11.8. The van der Waals surface area contributed by atoms with Crippen molar-refractivity contribution in [2.45, 2.75) is 51.0 Å². The first-order valence-corrected chi connectivity index (χ1v) is 8.10. The summed E-state index contributed by atoms with van der Waals surface area (Å²) in [6.07, 6.45) is 0. The Morgan fingerprint density at radius 2 is 1.89 bits per heavy atom. The summed E-state index contributed by atoms with van der Waals surface area (Å²) in [5.41, 5.74) is -0.371. The van der Waals surface area contributed by atoms with E-state index in [1.807, 2.05) is 0 Å². The van der Waals surface area contributed by atoms with Crippen molar-refractivity contribution in [3.05, 3.63) is 11.4 Å². The maximum Gasteiger partial charge on any atom is 0.273 e. The van der Waals surface area contributed by atoms with Gasteiger partial charge in [0.15, 0.2) is 5.69 Å². The normalized spacial score (nSPS) is 12.8. The summed E-state index contributed by atoms with van der Waals surface area (Å²) in [5.74, 6) is -0.720. The predicted molar refractivity (Wildman–Crippen MR) is 72.9 cm³/mol. The van der Waals surface area contributed by atoms with Crippen molar-refractivity contribution >= 4 is 25.6 Å². The molecule has 1 aromatic heterocycles. The minimum absolute atomic E-state index is 0.146. The van der Waals surface area contributed by atoms with Gasteiger partial charge in [-0.2, -0.15) is 5.10 Å². The highest BCUT2D eigenvalue weighted by molar-refractivity contribution is 8.13. The van der Waals surface area contributed by atoms with Crippen LogP contribution in [0.5, 0.6) is 0 Å². The van der Waals surface area contributed by atoms with E-state index in [9.17, 15) is 13.2 Å². The first-order chi connectivity index (χ1) is 8.43. The van der Waals surface area contributed by atoms with Crippen LogP contribution in [0.2, 0.25) is 0 Å². The van der Waals surface area contributed by atoms with E-state index in [-0.39, 0.29) is 16.5 Å². The molecule has 0 aliphatic carbocycles. The zero-order valence-electron chi connectivity index (χ0n) is 11.5. The highest BCUT2D eigenvalue weighted by Gasteiger charge is 2.30. The molecule has 0 aliphatic rings. The van der Waals surface area contributed by atoms with Gasteiger partial charge in [-0.3, -0.25) is 9.89 Å². The number of nitrogens with zero attached hydrogens (tertiary/aromatic N) is 1. The average Bonchev–Trinajstić information content (AvgIpc) is 2.57. The van der Waals surface area contributed by atoms with E-state index in [1.165, 1.54) is 0 Å². The van der Waals surface area contributed by atoms with E-state index < -0.39 is 20.5 Å². The molecule has 8 heteroatoms. The topological polar surface area (TPSA) is 91.9 Å². The molecular formula is C11H18ClN3O3S. The van der Waals surface area contributed by atoms with Crippen LogP contribution in [0.4, 0.5) is 0 Å². The molecule has 6 nitrogen and oxygen atoms in total. The lowest BCUT2D eigenvalue weighted by Gasteiger charge is -2.19. The standard InChI is InChI=1S/C11H18ClN3O3S/c1-6(2)7-9(19(12,17)18)8(15-14-7)10(16)13-11(3,4)5/h6H,1-5H3,(H,13,16)(H,14,15). The number of amides is 1. The Hall–Kier alpha value is -1.08. The maximum atomic E-state index is 12.0. The molecule has 0 atom stereocenters. The number of aromatic amines is 1. The molecule has 0 unspecified atom stereocenters. The van der Waals surface area contributed by atoms with E-state index in [1.54, 1.807) is 34.6 Å². The highest BCUT2D eigenvalue weighted by Crippen LogP contribution is 2.27. The number of H-pyrrole nitrogens is 1. The minimum Gasteiger partial charge on any atom is -0.346 e. The zero-order chi connectivity index (χ0) is 15.0. The number of carbonyl (C=O) groups excluding carboxylic acids is 1. The molecule has 19 heavy (non-hydrogen) atoms. The lowest BCUT2D eigenvalue weighted by molar-refractivity contribution is 0.0911. The molecule has 0 fully saturated rings. The second-order valence-electron chi connectivity index (χ2n) is 5.61. The van der Waals surface area contributed by atoms with Crippen molar-refractivity contribution in [1.82, 2.24) is 15.5 Å². The Morgan fingerprint density at radius 1 is 1.37 bits per heavy atom. The number of hydrogen-bond donors (Lipinski definition) is 2. The van der Waals surface area contributed by atoms with Crippen molar-refractivity contribution in [3.8, 4) is 0 Å². The molecule has 0 aromatic carbocycles. The quantitative estimate of drug-likeness (QED) is 0.835. The van der Waals surface area contributed by atoms with Crippen LogP contribution in [0.1, 0.15) is 56.7 Å². The second kappa shape index (κ2) is 5.13. The highest BCUT2D eigenvalue weighted by atomic mass is 35.7. The van der Waals surface area contributed by atoms with Crippen LogP contribution < -0.4 is 5.32 Å². The molecule has 0 radical (unpaired) electrons. The lowest BCUT2D eigenvalue weighted by atomic mass is 10.1. The van der Waals surface area contributed by atoms with E-state index in [0.717, 1.165) is 0 Å². The van der Waals surface area contributed by atoms with E-state index in [2.05, 4.69) is 15.5 Å². The molecule has 1 rings (SSSR count). The Balaban J connectivity index is 3.35. The van der Waals surface area contributed by atoms with Crippen molar-refractivity contribution < 1.29 is 13.2 Å². The summed E-state index contributed by atoms with van der Waals surface area (Å²) in [6.45, 7) is 8.93. The monoisotopic (exact) mass is 307 g/mol. The fourth-order valence-electron chi connectivity index (χ4n) is 1.54. The third-order valence-electron chi connectivity index (χ3n) is 2.27. The third kappa shape index (κ3) is 3.94. The molecule has 0 aliphatic heterocycles. The summed E-state index contributed by atoms with van der Waals surface area (Å²) in [6, 6.07) is 0. The molecular weight excluding hydrogens is 290 g/mol. The molecule has 0 saturated heterocycles. The van der Waals surface area contributed by atoms with Gasteiger partial charge in [-0.25, -0.2) is 8.42 Å². The number of halogens is 1. The summed E-state index contributed by atoms with van der Waals surface area (Å²) >= 11 is 0. The van der Waals surface area contributed by atoms with Gasteiger partial charge in [0, 0.05) is 16.2 Å². The predicted octanol–water partition coefficient (Wildman–Crippen LogP) is 1.99. The van der Waals surface area contributed by atoms with Crippen LogP contribution in [0.15, 0.2) is 4.90 Å². The van der Waals surface area contributed by atoms with Crippen LogP contribution in [-0.4, -0.2) is 30.1 Å². The SMILES string of the molecule is CC(C)c1[nH]nc(C(=O)NC(C)(C)C)c1S(=O)(=O)Cl. The first-order valence-electron chi connectivity index (χ1n) is 5.79. The maximum absolute atomic E-state index is 12.0. The molecule has 0 spiro atoms. The van der Waals surface area contributed by atoms with Gasteiger partial charge >= 0.3 is 0 Å². The number of nitrogens with one attached hydrogen (secondary N) is 2. The summed E-state index contributed by atoms with van der Waals surface area (Å²) in [7, 11) is 1.35. The Labute approximate surface area is 117 Å². The van der Waals surface area contributed by atoms with Crippen molar-refractivity contribution in [3.63, 3.8) is 0 Å². The van der Waals surface area contributed by atoms with Crippen LogP contribution in [0.3, 0.4) is 0 Å². The first kappa shape index (κ1) is 16.0. The Morgan fingerprint density at radius 3 is 2.26 bits per heavy atom. The molecule has 1 amide bonds. The van der Waals surface area contributed by atoms with Crippen LogP contribution in [-0.2, 0) is 9.05 Å². The minimum atomic E-state index is -4.05. The van der Waals surface area contributed by atoms with Crippen LogP contribution in [0, 0.1) is 0 Å². The van der Waals surface area contributed by atoms with Gasteiger partial charge in [0.25, 0.3) is 15.0 Å². The molecule has 1 aromatic rings. The molecule has 108 valence electrons. The second-order valence-corrected chi connectivity index (χ2v) is 8.11. The van der Waals surface area contributed by atoms with Gasteiger partial charge in [0.1, 0.15) is 4.90 Å². The summed E-state index contributed by atoms with van der Waals surface area (Å²) < 4.78 is 23.3. The van der Waals surface area contributed by atoms with Crippen LogP contribution in [0.25, 0.3) is 0 Å². The van der Waals surface area contributed by atoms with Gasteiger partial charge in [-0.05, 0) is 26.7 Å². The molecule has 2 N–H and O–H groups in total. The number of rotatable bonds is 3. The molecule has 0 bridgehead atoms. The van der Waals surface area contributed by atoms with E-state index in [4.69, 9.17) is 10.7 Å². The summed E-state index contributed by atoms with van der Waals surface area (Å²) in [5, 5.41) is 9.02. The Kier molecular flexibility index (Phi) is 4.31. The number of carbonyl (C=O) groups is 1. The van der Waals surface area contributed by atoms with Gasteiger partial charge in [0.05, 0.1) is 5.69 Å². The van der Waals surface area contributed by atoms with Crippen molar-refractivity contribution in [2.75, 3.05) is 0 Å². The van der Waals surface area contributed by atoms with Gasteiger partial charge in [0.2, 0.25) is 0 Å². The third-order valence-corrected chi connectivity index (χ3v) is 3.64. The lowest BCUT2D eigenvalue weighted by Crippen LogP contribution is -2.41. The van der Waals surface area contributed by atoms with Crippen molar-refractivity contribution in [2.24, 2.45) is 0 Å². The number of aromatic nitrogens is 2. The average molecular weight is 308 g/mol. The van der Waals surface area contributed by atoms with Gasteiger partial charge in [-0.15, -0.1) is 0 Å². The fourth-order valence-corrected chi connectivity index (χ4v) is 2.92. The largest absolute Gasteiger partial charge is 0.346 e. The Bertz CT molecular complexity index is 585. The van der Waals surface area contributed by atoms with Crippen LogP contribution >= 0.6 is 10.7 Å². The number of hydrogen-bond acceptors (Lipinski definition) is 4. The van der Waals surface area contributed by atoms with Gasteiger partial charge < -0.3 is 5.32 Å². The van der Waals surface area contributed by atoms with E-state index >= 15 is 0 Å². The molecule has 1 heterocycles. The molecule has 0 saturated carbocycles. The fraction of sp³-hybridized carbons (Fsp3) is 0.636. The van der Waals surface area contributed by atoms with E-state index in [0.29, 0.717) is 5.69 Å². The zero-order valence-corrected chi connectivity index (χ0v) is 13.1. The van der Waals surface area contributed by atoms with Crippen molar-refractivity contribution in [1.29, 1.82) is 0 Å².